The molecule has 0 spiro atoms. The first-order valence-corrected chi connectivity index (χ1v) is 4.06. The zero-order valence-electron chi connectivity index (χ0n) is 7.62. The Morgan fingerprint density at radius 1 is 1.00 bits per heavy atom. The first kappa shape index (κ1) is 9.13. The molecule has 0 aliphatic carbocycles. The molecule has 7 nitrogen and oxygen atoms in total. The molecule has 2 aromatic rings. The van der Waals surface area contributed by atoms with Crippen LogP contribution in [-0.4, -0.2) is 25.0 Å². The van der Waals surface area contributed by atoms with Crippen LogP contribution in [0.25, 0.3) is 11.4 Å². The zero-order chi connectivity index (χ0) is 10.8. The van der Waals surface area contributed by atoms with E-state index in [1.165, 1.54) is 18.5 Å². The van der Waals surface area contributed by atoms with Crippen LogP contribution >= 0.6 is 0 Å². The van der Waals surface area contributed by atoms with Gasteiger partial charge in [0.1, 0.15) is 5.75 Å². The molecule has 5 N–H and O–H groups in total. The Bertz CT molecular complexity index is 480. The summed E-state index contributed by atoms with van der Waals surface area (Å²) < 4.78 is 0. The maximum atomic E-state index is 9.22. The third-order valence-electron chi connectivity index (χ3n) is 1.65. The van der Waals surface area contributed by atoms with Crippen molar-refractivity contribution in [2.24, 2.45) is 0 Å². The molecule has 0 atom stereocenters. The molecule has 15 heavy (non-hydrogen) atoms. The Morgan fingerprint density at radius 2 is 1.67 bits per heavy atom. The third kappa shape index (κ3) is 1.90. The van der Waals surface area contributed by atoms with Crippen LogP contribution in [-0.2, 0) is 0 Å². The van der Waals surface area contributed by atoms with Crippen molar-refractivity contribution in [2.45, 2.75) is 0 Å². The van der Waals surface area contributed by atoms with Gasteiger partial charge in [-0.05, 0) is 6.07 Å². The molecule has 0 amide bonds. The van der Waals surface area contributed by atoms with Crippen LogP contribution in [0.4, 0.5) is 11.9 Å². The highest BCUT2D eigenvalue weighted by Gasteiger charge is 2.05. The smallest absolute Gasteiger partial charge is 0.225 e. The molecule has 0 fully saturated rings. The van der Waals surface area contributed by atoms with Crippen LogP contribution < -0.4 is 11.5 Å². The minimum atomic E-state index is 0.0186. The average molecular weight is 204 g/mol. The number of aromatic nitrogens is 4. The van der Waals surface area contributed by atoms with E-state index in [1.807, 2.05) is 0 Å². The van der Waals surface area contributed by atoms with Crippen LogP contribution in [0.1, 0.15) is 0 Å². The topological polar surface area (TPSA) is 124 Å². The van der Waals surface area contributed by atoms with Crippen LogP contribution in [0.5, 0.6) is 5.75 Å². The summed E-state index contributed by atoms with van der Waals surface area (Å²) in [6, 6.07) is 1.46. The van der Waals surface area contributed by atoms with E-state index in [-0.39, 0.29) is 23.5 Å². The molecular weight excluding hydrogens is 196 g/mol. The maximum absolute atomic E-state index is 9.22. The highest BCUT2D eigenvalue weighted by Crippen LogP contribution is 2.18. The molecular formula is C8H8N6O. The van der Waals surface area contributed by atoms with Crippen molar-refractivity contribution in [3.8, 4) is 17.1 Å². The lowest BCUT2D eigenvalue weighted by Crippen LogP contribution is -2.04. The van der Waals surface area contributed by atoms with E-state index in [4.69, 9.17) is 11.5 Å². The molecule has 0 saturated carbocycles. The standard InChI is InChI=1S/C8H8N6O/c9-7-12-6(13-8(10)14-7)4-1-5(15)3-11-2-4/h1-3,15H,(H4,9,10,12,13,14). The van der Waals surface area contributed by atoms with Crippen LogP contribution in [0, 0.1) is 0 Å². The van der Waals surface area contributed by atoms with Crippen molar-refractivity contribution in [1.29, 1.82) is 0 Å². The van der Waals surface area contributed by atoms with Gasteiger partial charge in [-0.1, -0.05) is 0 Å². The fraction of sp³-hybridized carbons (Fsp3) is 0. The monoisotopic (exact) mass is 204 g/mol. The maximum Gasteiger partial charge on any atom is 0.225 e. The molecule has 2 heterocycles. The minimum Gasteiger partial charge on any atom is -0.506 e. The van der Waals surface area contributed by atoms with Crippen molar-refractivity contribution in [3.63, 3.8) is 0 Å². The van der Waals surface area contributed by atoms with Gasteiger partial charge >= 0.3 is 0 Å². The number of rotatable bonds is 1. The van der Waals surface area contributed by atoms with E-state index in [9.17, 15) is 5.11 Å². The lowest BCUT2D eigenvalue weighted by molar-refractivity contribution is 0.473. The highest BCUT2D eigenvalue weighted by molar-refractivity contribution is 5.57. The van der Waals surface area contributed by atoms with Crippen LogP contribution in [0.3, 0.4) is 0 Å². The van der Waals surface area contributed by atoms with E-state index in [2.05, 4.69) is 19.9 Å². The van der Waals surface area contributed by atoms with E-state index in [0.717, 1.165) is 0 Å². The van der Waals surface area contributed by atoms with Gasteiger partial charge in [0, 0.05) is 11.8 Å². The van der Waals surface area contributed by atoms with Gasteiger partial charge in [-0.3, -0.25) is 4.98 Å². The normalized spacial score (nSPS) is 10.1. The van der Waals surface area contributed by atoms with Crippen molar-refractivity contribution in [3.05, 3.63) is 18.5 Å². The van der Waals surface area contributed by atoms with Crippen LogP contribution in [0.2, 0.25) is 0 Å². The molecule has 2 rings (SSSR count). The Hall–Kier alpha value is -2.44. The van der Waals surface area contributed by atoms with Crippen LogP contribution in [0.15, 0.2) is 18.5 Å². The van der Waals surface area contributed by atoms with E-state index >= 15 is 0 Å². The second-order valence-electron chi connectivity index (χ2n) is 2.81. The van der Waals surface area contributed by atoms with Crippen molar-refractivity contribution >= 4 is 11.9 Å². The number of pyridine rings is 1. The first-order valence-electron chi connectivity index (χ1n) is 4.06. The Balaban J connectivity index is 2.54. The molecule has 76 valence electrons. The number of hydrogen-bond acceptors (Lipinski definition) is 7. The van der Waals surface area contributed by atoms with Crippen molar-refractivity contribution < 1.29 is 5.11 Å². The van der Waals surface area contributed by atoms with Gasteiger partial charge in [0.2, 0.25) is 11.9 Å². The second-order valence-corrected chi connectivity index (χ2v) is 2.81. The lowest BCUT2D eigenvalue weighted by Gasteiger charge is -2.01. The fourth-order valence-corrected chi connectivity index (χ4v) is 1.09. The number of aromatic hydroxyl groups is 1. The molecule has 0 radical (unpaired) electrons. The zero-order valence-corrected chi connectivity index (χ0v) is 7.62. The molecule has 0 aliphatic heterocycles. The average Bonchev–Trinajstić information content (AvgIpc) is 2.16. The summed E-state index contributed by atoms with van der Waals surface area (Å²) in [5.74, 6) is 0.357. The molecule has 2 aromatic heterocycles. The second kappa shape index (κ2) is 3.37. The SMILES string of the molecule is Nc1nc(N)nc(-c2cncc(O)c2)n1. The first-order chi connectivity index (χ1) is 7.15. The van der Waals surface area contributed by atoms with Gasteiger partial charge in [-0.2, -0.15) is 15.0 Å². The number of nitrogens with two attached hydrogens (primary N) is 2. The van der Waals surface area contributed by atoms with E-state index in [1.54, 1.807) is 0 Å². The molecule has 0 saturated heterocycles. The number of nitrogens with zero attached hydrogens (tertiary/aromatic N) is 4. The number of hydrogen-bond donors (Lipinski definition) is 3. The lowest BCUT2D eigenvalue weighted by atomic mass is 10.2. The van der Waals surface area contributed by atoms with Gasteiger partial charge < -0.3 is 16.6 Å². The predicted molar refractivity (Wildman–Crippen MR) is 53.5 cm³/mol. The summed E-state index contributed by atoms with van der Waals surface area (Å²) in [7, 11) is 0. The van der Waals surface area contributed by atoms with E-state index < -0.39 is 0 Å². The Morgan fingerprint density at radius 3 is 2.27 bits per heavy atom. The predicted octanol–water partition coefficient (Wildman–Crippen LogP) is -0.196. The summed E-state index contributed by atoms with van der Waals surface area (Å²) in [6.07, 6.45) is 2.80. The van der Waals surface area contributed by atoms with Gasteiger partial charge in [-0.25, -0.2) is 0 Å². The fourth-order valence-electron chi connectivity index (χ4n) is 1.09. The summed E-state index contributed by atoms with van der Waals surface area (Å²) in [5.41, 5.74) is 11.3. The molecule has 0 unspecified atom stereocenters. The summed E-state index contributed by atoms with van der Waals surface area (Å²) >= 11 is 0. The molecule has 7 heteroatoms. The van der Waals surface area contributed by atoms with E-state index in [0.29, 0.717) is 5.56 Å². The van der Waals surface area contributed by atoms with Gasteiger partial charge in [0.05, 0.1) is 6.20 Å². The molecule has 0 bridgehead atoms. The molecule has 0 aromatic carbocycles. The van der Waals surface area contributed by atoms with Crippen molar-refractivity contribution in [1.82, 2.24) is 19.9 Å². The van der Waals surface area contributed by atoms with Gasteiger partial charge in [0.25, 0.3) is 0 Å². The number of anilines is 2. The third-order valence-corrected chi connectivity index (χ3v) is 1.65. The minimum absolute atomic E-state index is 0.0186. The highest BCUT2D eigenvalue weighted by atomic mass is 16.3. The number of nitrogen functional groups attached to an aromatic ring is 2. The summed E-state index contributed by atoms with van der Waals surface area (Å²) in [5, 5.41) is 9.22. The quantitative estimate of drug-likeness (QED) is 0.587. The Kier molecular flexibility index (Phi) is 2.05. The van der Waals surface area contributed by atoms with Gasteiger partial charge in [0.15, 0.2) is 5.82 Å². The van der Waals surface area contributed by atoms with Gasteiger partial charge in [-0.15, -0.1) is 0 Å². The summed E-state index contributed by atoms with van der Waals surface area (Å²) in [4.78, 5) is 15.2. The summed E-state index contributed by atoms with van der Waals surface area (Å²) in [6.45, 7) is 0. The van der Waals surface area contributed by atoms with Crippen molar-refractivity contribution in [2.75, 3.05) is 11.5 Å². The molecule has 0 aliphatic rings. The Labute approximate surface area is 84.8 Å². The largest absolute Gasteiger partial charge is 0.506 e.